The van der Waals surface area contributed by atoms with Gasteiger partial charge in [0.15, 0.2) is 0 Å². The van der Waals surface area contributed by atoms with Crippen LogP contribution in [0.5, 0.6) is 0 Å². The maximum atomic E-state index is 12.7. The standard InChI is InChI=1S/C35H56N2O10/c1-32(20-41-13-11-36-29(38)23-5-8-33(2)26(17-23)45-33,21-42-14-12-37-30(39)24-6-9-34(3)27(18-24)46-34)22-43-15-16-44-31(40)25-7-10-35(4)28(19-25)47-35/h23-28H,5-22H2,1-4H3,(H,36,38)(H,37,39). The first-order valence-electron chi connectivity index (χ1n) is 17.9. The number of hydrogen-bond donors (Lipinski definition) is 2. The highest BCUT2D eigenvalue weighted by Crippen LogP contribution is 2.51. The van der Waals surface area contributed by atoms with Crippen LogP contribution in [0, 0.1) is 23.2 Å². The predicted octanol–water partition coefficient (Wildman–Crippen LogP) is 2.69. The second-order valence-electron chi connectivity index (χ2n) is 15.9. The summed E-state index contributed by atoms with van der Waals surface area (Å²) in [4.78, 5) is 37.9. The highest BCUT2D eigenvalue weighted by Gasteiger charge is 2.58. The van der Waals surface area contributed by atoms with Crippen molar-refractivity contribution in [2.45, 2.75) is 121 Å². The Kier molecular flexibility index (Phi) is 10.6. The van der Waals surface area contributed by atoms with Gasteiger partial charge in [-0.2, -0.15) is 0 Å². The molecule has 2 amide bonds. The van der Waals surface area contributed by atoms with Crippen LogP contribution in [0.4, 0.5) is 0 Å². The quantitative estimate of drug-likeness (QED) is 0.127. The largest absolute Gasteiger partial charge is 0.463 e. The molecule has 0 bridgehead atoms. The van der Waals surface area contributed by atoms with Gasteiger partial charge in [-0.1, -0.05) is 6.92 Å². The Morgan fingerprint density at radius 3 is 1.49 bits per heavy atom. The molecule has 47 heavy (non-hydrogen) atoms. The first kappa shape index (κ1) is 35.0. The first-order valence-corrected chi connectivity index (χ1v) is 17.9. The number of hydrogen-bond acceptors (Lipinski definition) is 10. The van der Waals surface area contributed by atoms with Crippen molar-refractivity contribution in [3.63, 3.8) is 0 Å². The lowest BCUT2D eigenvalue weighted by Gasteiger charge is -2.29. The van der Waals surface area contributed by atoms with E-state index in [4.69, 9.17) is 33.2 Å². The first-order chi connectivity index (χ1) is 22.4. The molecule has 9 atom stereocenters. The van der Waals surface area contributed by atoms with E-state index in [1.54, 1.807) is 0 Å². The van der Waals surface area contributed by atoms with Crippen molar-refractivity contribution >= 4 is 17.8 Å². The molecule has 266 valence electrons. The minimum atomic E-state index is -0.483. The molecule has 6 fully saturated rings. The van der Waals surface area contributed by atoms with Gasteiger partial charge in [0, 0.05) is 30.3 Å². The molecule has 0 spiro atoms. The van der Waals surface area contributed by atoms with Gasteiger partial charge in [0.25, 0.3) is 0 Å². The van der Waals surface area contributed by atoms with Crippen molar-refractivity contribution in [1.29, 1.82) is 0 Å². The van der Waals surface area contributed by atoms with Crippen LogP contribution in [0.1, 0.15) is 85.5 Å². The molecule has 12 heteroatoms. The SMILES string of the molecule is CC(COCCNC(=O)C1CCC2(C)OC2C1)(COCCNC(=O)C1CCC2(C)OC2C1)COCCOC(=O)C1CCC2(C)OC2C1. The fraction of sp³-hybridized carbons (Fsp3) is 0.914. The van der Waals surface area contributed by atoms with Crippen LogP contribution < -0.4 is 10.6 Å². The number of nitrogens with one attached hydrogen (secondary N) is 2. The monoisotopic (exact) mass is 664 g/mol. The lowest BCUT2D eigenvalue weighted by molar-refractivity contribution is -0.152. The average molecular weight is 665 g/mol. The minimum absolute atomic E-state index is 0.00191. The molecule has 0 aromatic rings. The van der Waals surface area contributed by atoms with Gasteiger partial charge >= 0.3 is 5.97 Å². The number of amides is 2. The van der Waals surface area contributed by atoms with E-state index >= 15 is 0 Å². The Morgan fingerprint density at radius 1 is 0.638 bits per heavy atom. The van der Waals surface area contributed by atoms with Crippen molar-refractivity contribution < 1.29 is 47.5 Å². The lowest BCUT2D eigenvalue weighted by atomic mass is 9.82. The molecule has 3 aliphatic heterocycles. The van der Waals surface area contributed by atoms with Crippen LogP contribution in [-0.4, -0.2) is 112 Å². The highest BCUT2D eigenvalue weighted by atomic mass is 16.6. The molecule has 0 aromatic carbocycles. The van der Waals surface area contributed by atoms with Gasteiger partial charge in [-0.15, -0.1) is 0 Å². The summed E-state index contributed by atoms with van der Waals surface area (Å²) in [6, 6.07) is 0. The van der Waals surface area contributed by atoms with Gasteiger partial charge in [-0.3, -0.25) is 14.4 Å². The van der Waals surface area contributed by atoms with Crippen LogP contribution in [0.15, 0.2) is 0 Å². The summed E-state index contributed by atoms with van der Waals surface area (Å²) in [5.74, 6) is -0.157. The molecule has 2 N–H and O–H groups in total. The summed E-state index contributed by atoms with van der Waals surface area (Å²) in [7, 11) is 0. The molecular formula is C35H56N2O10. The van der Waals surface area contributed by atoms with Crippen LogP contribution in [0.3, 0.4) is 0 Å². The van der Waals surface area contributed by atoms with Crippen LogP contribution in [0.25, 0.3) is 0 Å². The molecular weight excluding hydrogens is 608 g/mol. The number of ether oxygens (including phenoxy) is 7. The summed E-state index contributed by atoms with van der Waals surface area (Å²) >= 11 is 0. The van der Waals surface area contributed by atoms with E-state index in [9.17, 15) is 14.4 Å². The zero-order chi connectivity index (χ0) is 33.3. The van der Waals surface area contributed by atoms with Gasteiger partial charge in [0.05, 0.1) is 80.7 Å². The Hall–Kier alpha value is -1.83. The maximum Gasteiger partial charge on any atom is 0.309 e. The molecule has 0 radical (unpaired) electrons. The zero-order valence-electron chi connectivity index (χ0n) is 28.8. The summed E-state index contributed by atoms with van der Waals surface area (Å²) in [6.45, 7) is 11.5. The van der Waals surface area contributed by atoms with E-state index in [-0.39, 0.29) is 83.9 Å². The highest BCUT2D eigenvalue weighted by molar-refractivity contribution is 5.79. The Balaban J connectivity index is 0.874. The zero-order valence-corrected chi connectivity index (χ0v) is 28.8. The summed E-state index contributed by atoms with van der Waals surface area (Å²) in [6.07, 6.45) is 8.17. The minimum Gasteiger partial charge on any atom is -0.463 e. The van der Waals surface area contributed by atoms with E-state index in [0.717, 1.165) is 57.8 Å². The predicted molar refractivity (Wildman–Crippen MR) is 169 cm³/mol. The molecule has 3 aliphatic carbocycles. The van der Waals surface area contributed by atoms with E-state index in [2.05, 4.69) is 31.4 Å². The molecule has 9 unspecified atom stereocenters. The van der Waals surface area contributed by atoms with Crippen molar-refractivity contribution in [2.75, 3.05) is 59.3 Å². The second kappa shape index (κ2) is 14.2. The second-order valence-corrected chi connectivity index (χ2v) is 15.9. The van der Waals surface area contributed by atoms with Crippen molar-refractivity contribution in [3.8, 4) is 0 Å². The van der Waals surface area contributed by atoms with E-state index in [1.807, 2.05) is 6.92 Å². The number of esters is 1. The Labute approximate surface area is 278 Å². The lowest BCUT2D eigenvalue weighted by Crippen LogP contribution is -2.39. The molecule has 6 rings (SSSR count). The average Bonchev–Trinajstić information content (AvgIpc) is 3.98. The number of rotatable bonds is 18. The third kappa shape index (κ3) is 8.86. The maximum absolute atomic E-state index is 12.7. The van der Waals surface area contributed by atoms with Crippen LogP contribution in [-0.2, 0) is 47.5 Å². The summed E-state index contributed by atoms with van der Waals surface area (Å²) in [5.41, 5.74) is -0.521. The number of carbonyl (C=O) groups excluding carboxylic acids is 3. The van der Waals surface area contributed by atoms with Crippen LogP contribution in [0.2, 0.25) is 0 Å². The van der Waals surface area contributed by atoms with Crippen LogP contribution >= 0.6 is 0 Å². The molecule has 6 aliphatic rings. The van der Waals surface area contributed by atoms with E-state index in [1.165, 1.54) is 0 Å². The fourth-order valence-corrected chi connectivity index (χ4v) is 7.81. The molecule has 3 saturated carbocycles. The fourth-order valence-electron chi connectivity index (χ4n) is 7.81. The number of carbonyl (C=O) groups is 3. The summed E-state index contributed by atoms with van der Waals surface area (Å²) < 4.78 is 40.6. The van der Waals surface area contributed by atoms with Crippen molar-refractivity contribution in [2.24, 2.45) is 23.2 Å². The third-order valence-electron chi connectivity index (χ3n) is 11.6. The smallest absolute Gasteiger partial charge is 0.309 e. The van der Waals surface area contributed by atoms with E-state index in [0.29, 0.717) is 46.1 Å². The number of epoxide rings is 3. The van der Waals surface area contributed by atoms with Gasteiger partial charge in [0.1, 0.15) is 6.61 Å². The normalized spacial score (nSPS) is 39.3. The van der Waals surface area contributed by atoms with Crippen molar-refractivity contribution in [3.05, 3.63) is 0 Å². The van der Waals surface area contributed by atoms with Gasteiger partial charge in [0.2, 0.25) is 11.8 Å². The Bertz CT molecular complexity index is 1020. The topological polar surface area (TPSA) is 150 Å². The van der Waals surface area contributed by atoms with Gasteiger partial charge in [-0.05, 0) is 78.6 Å². The molecule has 12 nitrogen and oxygen atoms in total. The third-order valence-corrected chi connectivity index (χ3v) is 11.6. The summed E-state index contributed by atoms with van der Waals surface area (Å²) in [5, 5.41) is 6.03. The Morgan fingerprint density at radius 2 is 1.04 bits per heavy atom. The van der Waals surface area contributed by atoms with E-state index < -0.39 is 5.41 Å². The number of fused-ring (bicyclic) bond motifs is 3. The van der Waals surface area contributed by atoms with Crippen molar-refractivity contribution in [1.82, 2.24) is 10.6 Å². The molecule has 3 heterocycles. The van der Waals surface area contributed by atoms with Gasteiger partial charge < -0.3 is 43.8 Å². The molecule has 3 saturated heterocycles. The molecule has 0 aromatic heterocycles. The van der Waals surface area contributed by atoms with Gasteiger partial charge in [-0.25, -0.2) is 0 Å².